The van der Waals surface area contributed by atoms with Crippen molar-refractivity contribution < 1.29 is 9.21 Å². The number of carbonyl (C=O) groups excluding carboxylic acids is 1. The normalized spacial score (nSPS) is 10.5. The summed E-state index contributed by atoms with van der Waals surface area (Å²) in [7, 11) is 0. The Labute approximate surface area is 87.1 Å². The van der Waals surface area contributed by atoms with E-state index >= 15 is 0 Å². The third-order valence-electron chi connectivity index (χ3n) is 2.16. The van der Waals surface area contributed by atoms with Crippen LogP contribution in [0.3, 0.4) is 0 Å². The Morgan fingerprint density at radius 2 is 2.33 bits per heavy atom. The molecule has 0 unspecified atom stereocenters. The number of nitrogens with two attached hydrogens (primary N) is 1. The van der Waals surface area contributed by atoms with Gasteiger partial charge >= 0.3 is 0 Å². The van der Waals surface area contributed by atoms with Gasteiger partial charge in [0, 0.05) is 17.9 Å². The summed E-state index contributed by atoms with van der Waals surface area (Å²) in [5.74, 6) is 0.363. The predicted molar refractivity (Wildman–Crippen MR) is 59.5 cm³/mol. The first kappa shape index (κ1) is 9.58. The molecule has 0 bridgehead atoms. The van der Waals surface area contributed by atoms with Crippen LogP contribution in [0.25, 0.3) is 11.0 Å². The molecular formula is C11H12N2O2. The summed E-state index contributed by atoms with van der Waals surface area (Å²) >= 11 is 0. The molecular weight excluding hydrogens is 192 g/mol. The molecule has 0 saturated heterocycles. The SMILES string of the molecule is CCC(=O)Nc1cc2cccc(N)c2o1. The van der Waals surface area contributed by atoms with Crippen molar-refractivity contribution in [1.82, 2.24) is 0 Å². The molecule has 0 aliphatic carbocycles. The molecule has 3 N–H and O–H groups in total. The van der Waals surface area contributed by atoms with E-state index in [1.807, 2.05) is 12.1 Å². The molecule has 0 saturated carbocycles. The number of rotatable bonds is 2. The Hall–Kier alpha value is -1.97. The van der Waals surface area contributed by atoms with Crippen molar-refractivity contribution in [1.29, 1.82) is 0 Å². The van der Waals surface area contributed by atoms with Gasteiger partial charge in [-0.1, -0.05) is 19.1 Å². The lowest BCUT2D eigenvalue weighted by Gasteiger charge is -1.96. The van der Waals surface area contributed by atoms with Gasteiger partial charge in [-0.3, -0.25) is 10.1 Å². The van der Waals surface area contributed by atoms with Gasteiger partial charge in [0.15, 0.2) is 5.58 Å². The molecule has 4 heteroatoms. The first-order chi connectivity index (χ1) is 7.20. The van der Waals surface area contributed by atoms with Crippen molar-refractivity contribution in [2.75, 3.05) is 11.1 Å². The molecule has 0 radical (unpaired) electrons. The number of fused-ring (bicyclic) bond motifs is 1. The Bertz CT molecular complexity index is 502. The summed E-state index contributed by atoms with van der Waals surface area (Å²) in [5.41, 5.74) is 6.91. The molecule has 2 aromatic rings. The highest BCUT2D eigenvalue weighted by molar-refractivity contribution is 5.95. The van der Waals surface area contributed by atoms with Crippen molar-refractivity contribution in [3.05, 3.63) is 24.3 Å². The first-order valence-electron chi connectivity index (χ1n) is 4.78. The van der Waals surface area contributed by atoms with E-state index in [0.29, 0.717) is 23.6 Å². The van der Waals surface area contributed by atoms with Crippen LogP contribution in [0.5, 0.6) is 0 Å². The topological polar surface area (TPSA) is 68.3 Å². The molecule has 1 aromatic heterocycles. The number of hydrogen-bond donors (Lipinski definition) is 2. The lowest BCUT2D eigenvalue weighted by atomic mass is 10.2. The fourth-order valence-corrected chi connectivity index (χ4v) is 1.37. The molecule has 0 atom stereocenters. The molecule has 4 nitrogen and oxygen atoms in total. The van der Waals surface area contributed by atoms with Gasteiger partial charge in [-0.2, -0.15) is 0 Å². The van der Waals surface area contributed by atoms with E-state index in [4.69, 9.17) is 10.2 Å². The molecule has 15 heavy (non-hydrogen) atoms. The lowest BCUT2D eigenvalue weighted by Crippen LogP contribution is -2.08. The van der Waals surface area contributed by atoms with Crippen LogP contribution in [0.1, 0.15) is 13.3 Å². The molecule has 0 fully saturated rings. The zero-order chi connectivity index (χ0) is 10.8. The Kier molecular flexibility index (Phi) is 2.33. The van der Waals surface area contributed by atoms with Crippen LogP contribution in [0.4, 0.5) is 11.6 Å². The summed E-state index contributed by atoms with van der Waals surface area (Å²) in [6, 6.07) is 7.26. The van der Waals surface area contributed by atoms with Crippen molar-refractivity contribution in [2.45, 2.75) is 13.3 Å². The maximum atomic E-state index is 11.1. The maximum Gasteiger partial charge on any atom is 0.226 e. The molecule has 1 heterocycles. The quantitative estimate of drug-likeness (QED) is 0.738. The minimum absolute atomic E-state index is 0.0763. The van der Waals surface area contributed by atoms with Gasteiger partial charge in [0.25, 0.3) is 0 Å². The van der Waals surface area contributed by atoms with Crippen molar-refractivity contribution in [3.8, 4) is 0 Å². The largest absolute Gasteiger partial charge is 0.438 e. The fourth-order valence-electron chi connectivity index (χ4n) is 1.37. The van der Waals surface area contributed by atoms with Crippen LogP contribution in [0, 0.1) is 0 Å². The number of amides is 1. The van der Waals surface area contributed by atoms with Gasteiger partial charge in [0.2, 0.25) is 11.8 Å². The number of carbonyl (C=O) groups is 1. The number of benzene rings is 1. The van der Waals surface area contributed by atoms with Crippen molar-refractivity contribution in [3.63, 3.8) is 0 Å². The second-order valence-electron chi connectivity index (χ2n) is 3.28. The van der Waals surface area contributed by atoms with E-state index < -0.39 is 0 Å². The first-order valence-corrected chi connectivity index (χ1v) is 4.78. The van der Waals surface area contributed by atoms with Crippen LogP contribution in [0.15, 0.2) is 28.7 Å². The summed E-state index contributed by atoms with van der Waals surface area (Å²) in [5, 5.41) is 3.54. The van der Waals surface area contributed by atoms with Crippen molar-refractivity contribution in [2.24, 2.45) is 0 Å². The minimum Gasteiger partial charge on any atom is -0.438 e. The van der Waals surface area contributed by atoms with E-state index in [0.717, 1.165) is 5.39 Å². The van der Waals surface area contributed by atoms with Crippen LogP contribution in [-0.4, -0.2) is 5.91 Å². The summed E-state index contributed by atoms with van der Waals surface area (Å²) in [6.07, 6.45) is 0.423. The number of furan rings is 1. The fraction of sp³-hybridized carbons (Fsp3) is 0.182. The summed E-state index contributed by atoms with van der Waals surface area (Å²) in [6.45, 7) is 1.78. The second kappa shape index (κ2) is 3.65. The number of nitrogens with one attached hydrogen (secondary N) is 1. The number of hydrogen-bond acceptors (Lipinski definition) is 3. The van der Waals surface area contributed by atoms with Crippen molar-refractivity contribution >= 4 is 28.4 Å². The molecule has 0 aliphatic heterocycles. The van der Waals surface area contributed by atoms with Crippen LogP contribution >= 0.6 is 0 Å². The van der Waals surface area contributed by atoms with Crippen LogP contribution in [-0.2, 0) is 4.79 Å². The maximum absolute atomic E-state index is 11.1. The molecule has 0 spiro atoms. The zero-order valence-electron chi connectivity index (χ0n) is 8.41. The number of para-hydroxylation sites is 1. The molecule has 0 aliphatic rings. The third-order valence-corrected chi connectivity index (χ3v) is 2.16. The monoisotopic (exact) mass is 204 g/mol. The molecule has 2 rings (SSSR count). The highest BCUT2D eigenvalue weighted by atomic mass is 16.4. The highest BCUT2D eigenvalue weighted by Gasteiger charge is 2.07. The van der Waals surface area contributed by atoms with Gasteiger partial charge in [-0.25, -0.2) is 0 Å². The van der Waals surface area contributed by atoms with E-state index in [1.165, 1.54) is 0 Å². The summed E-state index contributed by atoms with van der Waals surface area (Å²) < 4.78 is 5.41. The highest BCUT2D eigenvalue weighted by Crippen LogP contribution is 2.27. The Morgan fingerprint density at radius 1 is 1.53 bits per heavy atom. The average Bonchev–Trinajstić information content (AvgIpc) is 2.62. The Morgan fingerprint density at radius 3 is 3.00 bits per heavy atom. The zero-order valence-corrected chi connectivity index (χ0v) is 8.41. The molecule has 1 aromatic carbocycles. The van der Waals surface area contributed by atoms with E-state index in [2.05, 4.69) is 5.32 Å². The van der Waals surface area contributed by atoms with Gasteiger partial charge in [0.05, 0.1) is 5.69 Å². The number of anilines is 2. The van der Waals surface area contributed by atoms with E-state index in [9.17, 15) is 4.79 Å². The van der Waals surface area contributed by atoms with Crippen LogP contribution in [0.2, 0.25) is 0 Å². The van der Waals surface area contributed by atoms with Gasteiger partial charge in [-0.05, 0) is 6.07 Å². The van der Waals surface area contributed by atoms with E-state index in [-0.39, 0.29) is 5.91 Å². The van der Waals surface area contributed by atoms with Gasteiger partial charge in [-0.15, -0.1) is 0 Å². The Balaban J connectivity index is 2.39. The van der Waals surface area contributed by atoms with Crippen LogP contribution < -0.4 is 11.1 Å². The minimum atomic E-state index is -0.0763. The molecule has 1 amide bonds. The smallest absolute Gasteiger partial charge is 0.226 e. The molecule has 78 valence electrons. The standard InChI is InChI=1S/C11H12N2O2/c1-2-9(14)13-10-6-7-4-3-5-8(12)11(7)15-10/h3-6H,2,12H2,1H3,(H,13,14). The van der Waals surface area contributed by atoms with Gasteiger partial charge in [0.1, 0.15) is 0 Å². The number of nitrogen functional groups attached to an aromatic ring is 1. The van der Waals surface area contributed by atoms with Gasteiger partial charge < -0.3 is 10.2 Å². The lowest BCUT2D eigenvalue weighted by molar-refractivity contribution is -0.116. The summed E-state index contributed by atoms with van der Waals surface area (Å²) in [4.78, 5) is 11.1. The average molecular weight is 204 g/mol. The third kappa shape index (κ3) is 1.79. The predicted octanol–water partition coefficient (Wildman–Crippen LogP) is 2.36. The second-order valence-corrected chi connectivity index (χ2v) is 3.28. The van der Waals surface area contributed by atoms with E-state index in [1.54, 1.807) is 19.1 Å².